The molecule has 3 rings (SSSR count). The molecule has 2 heterocycles. The molecule has 2 saturated heterocycles. The third kappa shape index (κ3) is 3.03. The lowest BCUT2D eigenvalue weighted by molar-refractivity contribution is -0.0190. The molecule has 0 aromatic carbocycles. The predicted octanol–water partition coefficient (Wildman–Crippen LogP) is 2.11. The van der Waals surface area contributed by atoms with Crippen LogP contribution in [0.4, 0.5) is 0 Å². The first-order valence-corrected chi connectivity index (χ1v) is 8.74. The van der Waals surface area contributed by atoms with E-state index in [-0.39, 0.29) is 0 Å². The van der Waals surface area contributed by atoms with E-state index in [4.69, 9.17) is 12.8 Å². The van der Waals surface area contributed by atoms with Gasteiger partial charge in [-0.15, -0.1) is 0 Å². The molecule has 116 valence electrons. The van der Waals surface area contributed by atoms with Crippen molar-refractivity contribution in [1.82, 2.24) is 14.1 Å². The summed E-state index contributed by atoms with van der Waals surface area (Å²) < 4.78 is 2.10. The third-order valence-corrected chi connectivity index (χ3v) is 6.80. The number of rotatable bonds is 1. The molecule has 0 bridgehead atoms. The van der Waals surface area contributed by atoms with E-state index in [9.17, 15) is 0 Å². The van der Waals surface area contributed by atoms with Crippen molar-refractivity contribution in [2.24, 2.45) is 5.41 Å². The van der Waals surface area contributed by atoms with Crippen molar-refractivity contribution in [3.8, 4) is 0 Å². The highest BCUT2D eigenvalue weighted by atomic mass is 32.1. The molecule has 3 aliphatic rings. The van der Waals surface area contributed by atoms with Gasteiger partial charge in [0.1, 0.15) is 0 Å². The zero-order valence-corrected chi connectivity index (χ0v) is 14.1. The van der Waals surface area contributed by atoms with Crippen LogP contribution in [0, 0.1) is 5.41 Å². The van der Waals surface area contributed by atoms with Crippen LogP contribution in [0.3, 0.4) is 0 Å². The maximum absolute atomic E-state index is 5.32. The molecule has 0 aromatic heterocycles. The Balaban J connectivity index is 1.57. The van der Waals surface area contributed by atoms with Crippen LogP contribution in [0.5, 0.6) is 0 Å². The fourth-order valence-corrected chi connectivity index (χ4v) is 4.62. The van der Waals surface area contributed by atoms with Crippen molar-refractivity contribution in [3.05, 3.63) is 0 Å². The van der Waals surface area contributed by atoms with Crippen molar-refractivity contribution in [1.29, 1.82) is 0 Å². The Labute approximate surface area is 130 Å². The number of piperidine rings is 1. The topological polar surface area (TPSA) is 9.72 Å². The monoisotopic (exact) mass is 296 g/mol. The van der Waals surface area contributed by atoms with Crippen molar-refractivity contribution < 1.29 is 0 Å². The second kappa shape index (κ2) is 5.79. The van der Waals surface area contributed by atoms with Gasteiger partial charge in [-0.25, -0.2) is 0 Å². The maximum Gasteiger partial charge on any atom is 0.0182 e. The Morgan fingerprint density at radius 3 is 1.85 bits per heavy atom. The lowest BCUT2D eigenvalue weighted by Crippen LogP contribution is -2.57. The van der Waals surface area contributed by atoms with E-state index in [0.29, 0.717) is 11.0 Å². The number of likely N-dealkylation sites (N-methyl/N-ethyl adjacent to an activating group) is 1. The van der Waals surface area contributed by atoms with Gasteiger partial charge in [0, 0.05) is 31.7 Å². The summed E-state index contributed by atoms with van der Waals surface area (Å²) in [7, 11) is 2.25. The molecule has 1 aliphatic carbocycles. The van der Waals surface area contributed by atoms with E-state index in [2.05, 4.69) is 28.1 Å². The van der Waals surface area contributed by atoms with Gasteiger partial charge in [0.05, 0.1) is 0 Å². The van der Waals surface area contributed by atoms with Crippen LogP contribution in [0.2, 0.25) is 0 Å². The fourth-order valence-electron chi connectivity index (χ4n) is 4.44. The van der Waals surface area contributed by atoms with E-state index in [0.717, 1.165) is 13.1 Å². The van der Waals surface area contributed by atoms with Crippen molar-refractivity contribution in [2.45, 2.75) is 51.0 Å². The fraction of sp³-hybridized carbons (Fsp3) is 1.00. The van der Waals surface area contributed by atoms with E-state index >= 15 is 0 Å². The molecule has 0 aromatic rings. The molecule has 0 unspecified atom stereocenters. The van der Waals surface area contributed by atoms with Crippen LogP contribution in [0.25, 0.3) is 0 Å². The summed E-state index contributed by atoms with van der Waals surface area (Å²) in [5.74, 6) is 0. The molecule has 0 atom stereocenters. The molecule has 3 nitrogen and oxygen atoms in total. The normalized spacial score (nSPS) is 32.5. The Morgan fingerprint density at radius 2 is 1.30 bits per heavy atom. The summed E-state index contributed by atoms with van der Waals surface area (Å²) in [6.45, 7) is 9.81. The molecular formula is C16H30N3S-. The molecule has 3 fully saturated rings. The van der Waals surface area contributed by atoms with Gasteiger partial charge < -0.3 is 22.0 Å². The predicted molar refractivity (Wildman–Crippen MR) is 86.5 cm³/mol. The minimum Gasteiger partial charge on any atom is -0.702 e. The van der Waals surface area contributed by atoms with Gasteiger partial charge in [-0.05, 0) is 71.0 Å². The highest BCUT2D eigenvalue weighted by molar-refractivity contribution is 7.55. The van der Waals surface area contributed by atoms with E-state index in [1.165, 1.54) is 64.7 Å². The number of hydrogen-bond acceptors (Lipinski definition) is 4. The smallest absolute Gasteiger partial charge is 0.0182 e. The van der Waals surface area contributed by atoms with Gasteiger partial charge in [-0.1, -0.05) is 0 Å². The summed E-state index contributed by atoms with van der Waals surface area (Å²) in [6, 6.07) is 0. The molecule has 4 heteroatoms. The molecule has 0 amide bonds. The van der Waals surface area contributed by atoms with Gasteiger partial charge in [0.2, 0.25) is 0 Å². The van der Waals surface area contributed by atoms with Crippen molar-refractivity contribution in [3.63, 3.8) is 0 Å². The van der Waals surface area contributed by atoms with E-state index < -0.39 is 0 Å². The molecular weight excluding hydrogens is 266 g/mol. The minimum absolute atomic E-state index is 0.470. The van der Waals surface area contributed by atoms with E-state index in [1.54, 1.807) is 0 Å². The molecule has 2 aliphatic heterocycles. The second-order valence-corrected chi connectivity index (χ2v) is 8.23. The van der Waals surface area contributed by atoms with Gasteiger partial charge in [0.25, 0.3) is 0 Å². The highest BCUT2D eigenvalue weighted by Gasteiger charge is 2.43. The van der Waals surface area contributed by atoms with Gasteiger partial charge >= 0.3 is 0 Å². The number of hydrogen-bond donors (Lipinski definition) is 0. The average molecular weight is 297 g/mol. The van der Waals surface area contributed by atoms with Crippen LogP contribution in [-0.4, -0.2) is 66.0 Å². The zero-order valence-electron chi connectivity index (χ0n) is 13.2. The zero-order chi connectivity index (χ0) is 14.2. The Kier molecular flexibility index (Phi) is 4.38. The number of nitrogens with zero attached hydrogens (tertiary/aromatic N) is 3. The average Bonchev–Trinajstić information content (AvgIpc) is 2.46. The van der Waals surface area contributed by atoms with E-state index in [1.807, 2.05) is 0 Å². The largest absolute Gasteiger partial charge is 0.702 e. The SMILES string of the molecule is CN1CCN(C2(C)CCC3(CCN([S-])CC3)CC2)CC1. The van der Waals surface area contributed by atoms with Crippen molar-refractivity contribution in [2.75, 3.05) is 46.3 Å². The summed E-state index contributed by atoms with van der Waals surface area (Å²) in [4.78, 5) is 5.24. The summed E-state index contributed by atoms with van der Waals surface area (Å²) in [5, 5.41) is 0. The summed E-state index contributed by atoms with van der Waals surface area (Å²) in [6.07, 6.45) is 8.34. The van der Waals surface area contributed by atoms with Gasteiger partial charge in [0.15, 0.2) is 0 Å². The number of piperazine rings is 1. The minimum atomic E-state index is 0.470. The first kappa shape index (κ1) is 15.1. The maximum atomic E-state index is 5.32. The second-order valence-electron chi connectivity index (χ2n) is 7.72. The van der Waals surface area contributed by atoms with Gasteiger partial charge in [-0.3, -0.25) is 4.90 Å². The first-order valence-electron chi connectivity index (χ1n) is 8.37. The molecule has 1 spiro atoms. The van der Waals surface area contributed by atoms with Crippen LogP contribution in [0.1, 0.15) is 45.4 Å². The molecule has 0 radical (unpaired) electrons. The third-order valence-electron chi connectivity index (χ3n) is 6.44. The Morgan fingerprint density at radius 1 is 0.750 bits per heavy atom. The lowest BCUT2D eigenvalue weighted by atomic mass is 9.63. The van der Waals surface area contributed by atoms with Crippen molar-refractivity contribution >= 4 is 12.8 Å². The van der Waals surface area contributed by atoms with Crippen LogP contribution >= 0.6 is 0 Å². The molecule has 1 saturated carbocycles. The molecule has 0 N–H and O–H groups in total. The Hall–Kier alpha value is 0.230. The standard InChI is InChI=1S/C16H30N3S/c1-15(18-13-11-17(2)12-14-18)3-5-16(6-4-15)7-9-19(20)10-8-16/h3-14H2,1-2H3/q-1. The van der Waals surface area contributed by atoms with Gasteiger partial charge in [-0.2, -0.15) is 0 Å². The summed E-state index contributed by atoms with van der Waals surface area (Å²) >= 11 is 5.32. The van der Waals surface area contributed by atoms with Crippen LogP contribution in [0.15, 0.2) is 0 Å². The highest BCUT2D eigenvalue weighted by Crippen LogP contribution is 2.49. The van der Waals surface area contributed by atoms with Crippen LogP contribution in [-0.2, 0) is 12.8 Å². The first-order chi connectivity index (χ1) is 9.51. The lowest BCUT2D eigenvalue weighted by Gasteiger charge is -2.54. The molecule has 20 heavy (non-hydrogen) atoms. The summed E-state index contributed by atoms with van der Waals surface area (Å²) in [5.41, 5.74) is 1.11. The Bertz CT molecular complexity index is 321. The quantitative estimate of drug-likeness (QED) is 0.685. The van der Waals surface area contributed by atoms with Crippen LogP contribution < -0.4 is 0 Å².